The smallest absolute Gasteiger partial charge is 0.271 e. The molecule has 0 aliphatic carbocycles. The van der Waals surface area contributed by atoms with Gasteiger partial charge in [0.25, 0.3) is 5.91 Å². The lowest BCUT2D eigenvalue weighted by atomic mass is 10.1. The molecular weight excluding hydrogens is 372 g/mol. The maximum atomic E-state index is 12.6. The molecule has 0 aliphatic heterocycles. The summed E-state index contributed by atoms with van der Waals surface area (Å²) in [6.07, 6.45) is 1.56. The fraction of sp³-hybridized carbons (Fsp3) is 0.364. The molecule has 0 atom stereocenters. The predicted octanol–water partition coefficient (Wildman–Crippen LogP) is 4.05. The SMILES string of the molecule is CCOc1ccc(C=NNC(=O)c2cc(OCC)c(OCC)c(OCC)c2)cc1. The molecule has 29 heavy (non-hydrogen) atoms. The first-order valence-electron chi connectivity index (χ1n) is 9.75. The summed E-state index contributed by atoms with van der Waals surface area (Å²) in [7, 11) is 0. The van der Waals surface area contributed by atoms with Crippen LogP contribution in [-0.4, -0.2) is 38.5 Å². The zero-order valence-electron chi connectivity index (χ0n) is 17.4. The third-order valence-electron chi connectivity index (χ3n) is 3.74. The quantitative estimate of drug-likeness (QED) is 0.455. The van der Waals surface area contributed by atoms with Gasteiger partial charge in [0.15, 0.2) is 11.5 Å². The monoisotopic (exact) mass is 400 g/mol. The molecule has 0 spiro atoms. The normalized spacial score (nSPS) is 10.6. The van der Waals surface area contributed by atoms with Crippen molar-refractivity contribution in [2.24, 2.45) is 5.10 Å². The molecule has 0 unspecified atom stereocenters. The van der Waals surface area contributed by atoms with E-state index in [-0.39, 0.29) is 5.91 Å². The van der Waals surface area contributed by atoms with Gasteiger partial charge in [0.2, 0.25) is 5.75 Å². The van der Waals surface area contributed by atoms with Crippen LogP contribution in [0.4, 0.5) is 0 Å². The average molecular weight is 400 g/mol. The lowest BCUT2D eigenvalue weighted by Crippen LogP contribution is -2.18. The Morgan fingerprint density at radius 1 is 0.862 bits per heavy atom. The van der Waals surface area contributed by atoms with Crippen LogP contribution in [0.5, 0.6) is 23.0 Å². The molecule has 0 bridgehead atoms. The molecule has 0 aromatic heterocycles. The lowest BCUT2D eigenvalue weighted by molar-refractivity contribution is 0.0954. The highest BCUT2D eigenvalue weighted by atomic mass is 16.5. The van der Waals surface area contributed by atoms with Crippen molar-refractivity contribution in [3.8, 4) is 23.0 Å². The Labute approximate surface area is 171 Å². The number of carbonyl (C=O) groups excluding carboxylic acids is 1. The molecule has 2 aromatic rings. The van der Waals surface area contributed by atoms with E-state index in [1.165, 1.54) is 0 Å². The van der Waals surface area contributed by atoms with E-state index in [1.54, 1.807) is 18.3 Å². The highest BCUT2D eigenvalue weighted by Gasteiger charge is 2.18. The van der Waals surface area contributed by atoms with Crippen molar-refractivity contribution in [3.05, 3.63) is 47.5 Å². The number of rotatable bonds is 11. The Bertz CT molecular complexity index is 791. The first-order chi connectivity index (χ1) is 14.1. The van der Waals surface area contributed by atoms with Gasteiger partial charge in [0.1, 0.15) is 5.75 Å². The summed E-state index contributed by atoms with van der Waals surface area (Å²) in [4.78, 5) is 12.6. The zero-order valence-corrected chi connectivity index (χ0v) is 17.4. The summed E-state index contributed by atoms with van der Waals surface area (Å²) in [5.74, 6) is 1.82. The number of carbonyl (C=O) groups is 1. The molecule has 0 saturated heterocycles. The van der Waals surface area contributed by atoms with Crippen LogP contribution >= 0.6 is 0 Å². The van der Waals surface area contributed by atoms with Crippen molar-refractivity contribution in [2.75, 3.05) is 26.4 Å². The van der Waals surface area contributed by atoms with Gasteiger partial charge in [0, 0.05) is 5.56 Å². The number of hydrazone groups is 1. The van der Waals surface area contributed by atoms with E-state index < -0.39 is 0 Å². The van der Waals surface area contributed by atoms with E-state index in [0.29, 0.717) is 49.2 Å². The number of ether oxygens (including phenoxy) is 4. The van der Waals surface area contributed by atoms with E-state index in [2.05, 4.69) is 10.5 Å². The van der Waals surface area contributed by atoms with E-state index in [1.807, 2.05) is 52.0 Å². The Morgan fingerprint density at radius 3 is 1.93 bits per heavy atom. The largest absolute Gasteiger partial charge is 0.494 e. The number of nitrogens with one attached hydrogen (secondary N) is 1. The van der Waals surface area contributed by atoms with Crippen LogP contribution in [-0.2, 0) is 0 Å². The molecule has 2 aromatic carbocycles. The maximum Gasteiger partial charge on any atom is 0.271 e. The highest BCUT2D eigenvalue weighted by molar-refractivity contribution is 5.96. The topological polar surface area (TPSA) is 78.4 Å². The minimum atomic E-state index is -0.378. The maximum absolute atomic E-state index is 12.6. The van der Waals surface area contributed by atoms with Crippen molar-refractivity contribution in [1.29, 1.82) is 0 Å². The summed E-state index contributed by atoms with van der Waals surface area (Å²) >= 11 is 0. The van der Waals surface area contributed by atoms with Gasteiger partial charge in [-0.2, -0.15) is 5.10 Å². The molecule has 7 heteroatoms. The summed E-state index contributed by atoms with van der Waals surface area (Å²) in [6.45, 7) is 9.48. The van der Waals surface area contributed by atoms with Gasteiger partial charge in [-0.1, -0.05) is 0 Å². The summed E-state index contributed by atoms with van der Waals surface area (Å²) in [6, 6.07) is 10.7. The third kappa shape index (κ3) is 6.41. The van der Waals surface area contributed by atoms with E-state index in [4.69, 9.17) is 18.9 Å². The average Bonchev–Trinajstić information content (AvgIpc) is 2.72. The highest BCUT2D eigenvalue weighted by Crippen LogP contribution is 2.39. The summed E-state index contributed by atoms with van der Waals surface area (Å²) < 4.78 is 22.3. The molecule has 156 valence electrons. The van der Waals surface area contributed by atoms with Gasteiger partial charge < -0.3 is 18.9 Å². The Hall–Kier alpha value is -3.22. The molecule has 2 rings (SSSR count). The van der Waals surface area contributed by atoms with Gasteiger partial charge in [-0.15, -0.1) is 0 Å². The van der Waals surface area contributed by atoms with Gasteiger partial charge in [-0.25, -0.2) is 5.43 Å². The van der Waals surface area contributed by atoms with Gasteiger partial charge >= 0.3 is 0 Å². The standard InChI is InChI=1S/C22H28N2O5/c1-5-26-18-11-9-16(10-12-18)15-23-24-22(25)17-13-19(27-6-2)21(29-8-4)20(14-17)28-7-3/h9-15H,5-8H2,1-4H3,(H,24,25). The molecule has 1 N–H and O–H groups in total. The number of hydrogen-bond donors (Lipinski definition) is 1. The van der Waals surface area contributed by atoms with Gasteiger partial charge in [-0.05, 0) is 69.7 Å². The molecule has 7 nitrogen and oxygen atoms in total. The fourth-order valence-electron chi connectivity index (χ4n) is 2.57. The Morgan fingerprint density at radius 2 is 1.41 bits per heavy atom. The number of hydrogen-bond acceptors (Lipinski definition) is 6. The number of benzene rings is 2. The molecular formula is C22H28N2O5. The Kier molecular flexibility index (Phi) is 8.82. The van der Waals surface area contributed by atoms with Crippen molar-refractivity contribution < 1.29 is 23.7 Å². The van der Waals surface area contributed by atoms with Crippen LogP contribution in [0.3, 0.4) is 0 Å². The van der Waals surface area contributed by atoms with E-state index in [9.17, 15) is 4.79 Å². The lowest BCUT2D eigenvalue weighted by Gasteiger charge is -2.16. The number of nitrogens with zero attached hydrogens (tertiary/aromatic N) is 1. The van der Waals surface area contributed by atoms with Crippen LogP contribution in [0.2, 0.25) is 0 Å². The van der Waals surface area contributed by atoms with Crippen LogP contribution in [0.15, 0.2) is 41.5 Å². The first kappa shape index (κ1) is 22.1. The zero-order chi connectivity index (χ0) is 21.1. The van der Waals surface area contributed by atoms with Crippen LogP contribution < -0.4 is 24.4 Å². The second-order valence-corrected chi connectivity index (χ2v) is 5.80. The predicted molar refractivity (Wildman–Crippen MR) is 113 cm³/mol. The van der Waals surface area contributed by atoms with Crippen molar-refractivity contribution in [2.45, 2.75) is 27.7 Å². The van der Waals surface area contributed by atoms with Crippen molar-refractivity contribution in [1.82, 2.24) is 5.43 Å². The van der Waals surface area contributed by atoms with E-state index in [0.717, 1.165) is 11.3 Å². The Balaban J connectivity index is 2.16. The molecule has 0 radical (unpaired) electrons. The molecule has 0 heterocycles. The van der Waals surface area contributed by atoms with Crippen LogP contribution in [0.25, 0.3) is 0 Å². The minimum Gasteiger partial charge on any atom is -0.494 e. The van der Waals surface area contributed by atoms with Gasteiger partial charge in [0.05, 0.1) is 32.6 Å². The number of amides is 1. The second-order valence-electron chi connectivity index (χ2n) is 5.80. The van der Waals surface area contributed by atoms with E-state index >= 15 is 0 Å². The van der Waals surface area contributed by atoms with Crippen molar-refractivity contribution >= 4 is 12.1 Å². The van der Waals surface area contributed by atoms with Crippen LogP contribution in [0, 0.1) is 0 Å². The fourth-order valence-corrected chi connectivity index (χ4v) is 2.57. The van der Waals surface area contributed by atoms with Crippen molar-refractivity contribution in [3.63, 3.8) is 0 Å². The molecule has 0 saturated carbocycles. The minimum absolute atomic E-state index is 0.365. The second kappa shape index (κ2) is 11.6. The van der Waals surface area contributed by atoms with Crippen LogP contribution in [0.1, 0.15) is 43.6 Å². The first-order valence-corrected chi connectivity index (χ1v) is 9.75. The molecule has 0 fully saturated rings. The molecule has 1 amide bonds. The van der Waals surface area contributed by atoms with Gasteiger partial charge in [-0.3, -0.25) is 4.79 Å². The third-order valence-corrected chi connectivity index (χ3v) is 3.74. The summed E-state index contributed by atoms with van der Waals surface area (Å²) in [5, 5.41) is 4.03. The summed E-state index contributed by atoms with van der Waals surface area (Å²) in [5.41, 5.74) is 3.73. The molecule has 0 aliphatic rings.